The summed E-state index contributed by atoms with van der Waals surface area (Å²) in [5.41, 5.74) is 1.34. The molecule has 0 heterocycles. The zero-order chi connectivity index (χ0) is 14.5. The summed E-state index contributed by atoms with van der Waals surface area (Å²) in [5.74, 6) is -0.0330. The van der Waals surface area contributed by atoms with E-state index in [1.807, 2.05) is 0 Å². The molecule has 0 saturated heterocycles. The maximum atomic E-state index is 12.2. The monoisotopic (exact) mass is 308 g/mol. The van der Waals surface area contributed by atoms with E-state index >= 15 is 0 Å². The Labute approximate surface area is 125 Å². The predicted molar refractivity (Wildman–Crippen MR) is 79.3 cm³/mol. The van der Waals surface area contributed by atoms with Gasteiger partial charge in [0.1, 0.15) is 0 Å². The Kier molecular flexibility index (Phi) is 4.93. The molecule has 0 radical (unpaired) electrons. The molecule has 2 rings (SSSR count). The van der Waals surface area contributed by atoms with Gasteiger partial charge in [-0.2, -0.15) is 0 Å². The largest absolute Gasteiger partial charge is 0.465 e. The van der Waals surface area contributed by atoms with Gasteiger partial charge >= 0.3 is 5.97 Å². The summed E-state index contributed by atoms with van der Waals surface area (Å²) in [7, 11) is 0.123. The summed E-state index contributed by atoms with van der Waals surface area (Å²) >= 11 is 6.02. The molecule has 0 bridgehead atoms. The second kappa shape index (κ2) is 6.68. The predicted octanol–water partition coefficient (Wildman–Crippen LogP) is 3.43. The van der Waals surface area contributed by atoms with Crippen LogP contribution in [0.4, 0.5) is 0 Å². The van der Waals surface area contributed by atoms with Gasteiger partial charge in [0.15, 0.2) is 0 Å². The SMILES string of the molecule is COC(=O)c1ccc(CS(=O)c2ccccc2Cl)cc1. The average Bonchev–Trinajstić information content (AvgIpc) is 2.47. The van der Waals surface area contributed by atoms with Gasteiger partial charge in [-0.3, -0.25) is 4.21 Å². The fraction of sp³-hybridized carbons (Fsp3) is 0.133. The van der Waals surface area contributed by atoms with Crippen LogP contribution in [0.2, 0.25) is 5.02 Å². The Hall–Kier alpha value is -1.65. The molecule has 3 nitrogen and oxygen atoms in total. The van der Waals surface area contributed by atoms with E-state index in [1.165, 1.54) is 7.11 Å². The van der Waals surface area contributed by atoms with Crippen LogP contribution in [0, 0.1) is 0 Å². The Bertz CT molecular complexity index is 638. The van der Waals surface area contributed by atoms with Crippen LogP contribution in [0.25, 0.3) is 0 Å². The number of halogens is 1. The molecule has 0 saturated carbocycles. The lowest BCUT2D eigenvalue weighted by molar-refractivity contribution is 0.0600. The summed E-state index contributed by atoms with van der Waals surface area (Å²) in [4.78, 5) is 11.9. The number of rotatable bonds is 4. The molecule has 20 heavy (non-hydrogen) atoms. The first-order chi connectivity index (χ1) is 9.61. The number of carbonyl (C=O) groups is 1. The third kappa shape index (κ3) is 3.46. The minimum absolute atomic E-state index is 0.352. The molecule has 0 fully saturated rings. The maximum Gasteiger partial charge on any atom is 0.337 e. The van der Waals surface area contributed by atoms with Gasteiger partial charge in [-0.05, 0) is 29.8 Å². The van der Waals surface area contributed by atoms with E-state index in [9.17, 15) is 9.00 Å². The lowest BCUT2D eigenvalue weighted by atomic mass is 10.1. The molecule has 0 aromatic heterocycles. The van der Waals surface area contributed by atoms with Gasteiger partial charge < -0.3 is 4.74 Å². The van der Waals surface area contributed by atoms with Gasteiger partial charge in [0, 0.05) is 0 Å². The van der Waals surface area contributed by atoms with Gasteiger partial charge in [-0.1, -0.05) is 35.9 Å². The molecule has 0 spiro atoms. The van der Waals surface area contributed by atoms with E-state index in [-0.39, 0.29) is 5.97 Å². The number of methoxy groups -OCH3 is 1. The van der Waals surface area contributed by atoms with Crippen LogP contribution in [-0.2, 0) is 21.3 Å². The van der Waals surface area contributed by atoms with Crippen molar-refractivity contribution in [3.63, 3.8) is 0 Å². The van der Waals surface area contributed by atoms with E-state index < -0.39 is 10.8 Å². The van der Waals surface area contributed by atoms with Gasteiger partial charge in [0.2, 0.25) is 0 Å². The first kappa shape index (κ1) is 14.8. The fourth-order valence-corrected chi connectivity index (χ4v) is 3.27. The molecular weight excluding hydrogens is 296 g/mol. The van der Waals surface area contributed by atoms with Crippen LogP contribution in [0.15, 0.2) is 53.4 Å². The summed E-state index contributed by atoms with van der Waals surface area (Å²) in [5, 5.41) is 0.497. The van der Waals surface area contributed by atoms with Crippen molar-refractivity contribution >= 4 is 28.4 Å². The molecule has 0 amide bonds. The van der Waals surface area contributed by atoms with E-state index in [1.54, 1.807) is 48.5 Å². The van der Waals surface area contributed by atoms with Crippen LogP contribution in [0.5, 0.6) is 0 Å². The van der Waals surface area contributed by atoms with Crippen LogP contribution in [0.3, 0.4) is 0 Å². The first-order valence-electron chi connectivity index (χ1n) is 5.92. The van der Waals surface area contributed by atoms with E-state index in [2.05, 4.69) is 4.74 Å². The lowest BCUT2D eigenvalue weighted by Crippen LogP contribution is -2.02. The highest BCUT2D eigenvalue weighted by Gasteiger charge is 2.10. The molecule has 0 aliphatic heterocycles. The summed E-state index contributed by atoms with van der Waals surface area (Å²) in [6.07, 6.45) is 0. The Balaban J connectivity index is 2.13. The molecule has 104 valence electrons. The van der Waals surface area contributed by atoms with Crippen LogP contribution >= 0.6 is 11.6 Å². The summed E-state index contributed by atoms with van der Waals surface area (Å²) in [6, 6.07) is 13.9. The molecule has 2 aromatic rings. The Morgan fingerprint density at radius 2 is 1.80 bits per heavy atom. The highest BCUT2D eigenvalue weighted by molar-refractivity contribution is 7.84. The van der Waals surface area contributed by atoms with Gasteiger partial charge in [0.05, 0.1) is 39.1 Å². The quantitative estimate of drug-likeness (QED) is 0.813. The summed E-state index contributed by atoms with van der Waals surface area (Å²) < 4.78 is 16.9. The lowest BCUT2D eigenvalue weighted by Gasteiger charge is -2.05. The first-order valence-corrected chi connectivity index (χ1v) is 7.61. The molecule has 1 unspecified atom stereocenters. The van der Waals surface area contributed by atoms with Gasteiger partial charge in [0.25, 0.3) is 0 Å². The van der Waals surface area contributed by atoms with Gasteiger partial charge in [-0.25, -0.2) is 4.79 Å². The van der Waals surface area contributed by atoms with Crippen molar-refractivity contribution in [3.05, 3.63) is 64.7 Å². The van der Waals surface area contributed by atoms with Crippen LogP contribution < -0.4 is 0 Å². The van der Waals surface area contributed by atoms with Crippen molar-refractivity contribution in [3.8, 4) is 0 Å². The minimum Gasteiger partial charge on any atom is -0.465 e. The van der Waals surface area contributed by atoms with Crippen molar-refractivity contribution in [2.24, 2.45) is 0 Å². The third-order valence-electron chi connectivity index (χ3n) is 2.75. The van der Waals surface area contributed by atoms with Crippen molar-refractivity contribution in [1.29, 1.82) is 0 Å². The van der Waals surface area contributed by atoms with E-state index in [0.29, 0.717) is 21.2 Å². The molecule has 0 N–H and O–H groups in total. The molecule has 5 heteroatoms. The zero-order valence-electron chi connectivity index (χ0n) is 10.8. The standard InChI is InChI=1S/C15H13ClO3S/c1-19-15(17)12-8-6-11(7-9-12)10-20(18)14-5-3-2-4-13(14)16/h2-9H,10H2,1H3. The molecule has 1 atom stereocenters. The molecule has 0 aliphatic rings. The average molecular weight is 309 g/mol. The number of ether oxygens (including phenoxy) is 1. The topological polar surface area (TPSA) is 43.4 Å². The van der Waals surface area contributed by atoms with E-state index in [0.717, 1.165) is 5.56 Å². The smallest absolute Gasteiger partial charge is 0.337 e. The highest BCUT2D eigenvalue weighted by Crippen LogP contribution is 2.21. The Morgan fingerprint density at radius 3 is 2.40 bits per heavy atom. The molecule has 2 aromatic carbocycles. The van der Waals surface area contributed by atoms with Crippen molar-refractivity contribution < 1.29 is 13.7 Å². The molecule has 0 aliphatic carbocycles. The minimum atomic E-state index is -1.21. The third-order valence-corrected chi connectivity index (χ3v) is 4.64. The fourth-order valence-electron chi connectivity index (χ4n) is 1.71. The number of esters is 1. The number of hydrogen-bond donors (Lipinski definition) is 0. The zero-order valence-corrected chi connectivity index (χ0v) is 12.4. The number of carbonyl (C=O) groups excluding carboxylic acids is 1. The second-order valence-electron chi connectivity index (χ2n) is 4.11. The van der Waals surface area contributed by atoms with Gasteiger partial charge in [-0.15, -0.1) is 0 Å². The molecular formula is C15H13ClO3S. The normalized spacial score (nSPS) is 11.9. The van der Waals surface area contributed by atoms with Crippen molar-refractivity contribution in [1.82, 2.24) is 0 Å². The highest BCUT2D eigenvalue weighted by atomic mass is 35.5. The summed E-state index contributed by atoms with van der Waals surface area (Å²) in [6.45, 7) is 0. The Morgan fingerprint density at radius 1 is 1.15 bits per heavy atom. The number of benzene rings is 2. The van der Waals surface area contributed by atoms with E-state index in [4.69, 9.17) is 11.6 Å². The van der Waals surface area contributed by atoms with Crippen molar-refractivity contribution in [2.75, 3.05) is 7.11 Å². The second-order valence-corrected chi connectivity index (χ2v) is 5.94. The van der Waals surface area contributed by atoms with Crippen molar-refractivity contribution in [2.45, 2.75) is 10.6 Å². The number of hydrogen-bond acceptors (Lipinski definition) is 3. The maximum absolute atomic E-state index is 12.2. The van der Waals surface area contributed by atoms with Crippen LogP contribution in [0.1, 0.15) is 15.9 Å². The van der Waals surface area contributed by atoms with Crippen LogP contribution in [-0.4, -0.2) is 17.3 Å².